The van der Waals surface area contributed by atoms with Gasteiger partial charge < -0.3 is 10.1 Å². The highest BCUT2D eigenvalue weighted by Gasteiger charge is 2.16. The summed E-state index contributed by atoms with van der Waals surface area (Å²) < 4.78 is 5.48. The van der Waals surface area contributed by atoms with Crippen LogP contribution < -0.4 is 10.1 Å². The van der Waals surface area contributed by atoms with E-state index in [-0.39, 0.29) is 17.3 Å². The largest absolute Gasteiger partial charge is 0.439 e. The van der Waals surface area contributed by atoms with Gasteiger partial charge >= 0.3 is 5.69 Å². The molecule has 1 aromatic carbocycles. The summed E-state index contributed by atoms with van der Waals surface area (Å²) in [5, 5.41) is 22.6. The number of nitrogens with zero attached hydrogens (tertiary/aromatic N) is 3. The van der Waals surface area contributed by atoms with Crippen LogP contribution in [0.5, 0.6) is 11.6 Å². The number of nitriles is 1. The standard InChI is InChI=1S/C14H12N4O3/c1-16-9-10-2-4-11(5-3-10)21-14-7-6-13(18(19)20)12(8-15)17-14/h2-7,16H,9H2,1H3. The molecular weight excluding hydrogens is 272 g/mol. The van der Waals surface area contributed by atoms with Crippen molar-refractivity contribution in [2.45, 2.75) is 6.54 Å². The van der Waals surface area contributed by atoms with Crippen molar-refractivity contribution in [1.82, 2.24) is 10.3 Å². The zero-order valence-corrected chi connectivity index (χ0v) is 11.2. The Balaban J connectivity index is 2.20. The van der Waals surface area contributed by atoms with Crippen LogP contribution >= 0.6 is 0 Å². The second-order valence-electron chi connectivity index (χ2n) is 4.16. The second kappa shape index (κ2) is 6.45. The molecule has 106 valence electrons. The summed E-state index contributed by atoms with van der Waals surface area (Å²) in [6.07, 6.45) is 0. The second-order valence-corrected chi connectivity index (χ2v) is 4.16. The minimum Gasteiger partial charge on any atom is -0.439 e. The number of nitrogens with one attached hydrogen (secondary N) is 1. The molecule has 1 aromatic heterocycles. The summed E-state index contributed by atoms with van der Waals surface area (Å²) >= 11 is 0. The Kier molecular flexibility index (Phi) is 4.43. The minimum atomic E-state index is -0.651. The molecule has 1 N–H and O–H groups in total. The molecule has 0 aliphatic rings. The van der Waals surface area contributed by atoms with Crippen molar-refractivity contribution in [1.29, 1.82) is 5.26 Å². The number of hydrogen-bond donors (Lipinski definition) is 1. The SMILES string of the molecule is CNCc1ccc(Oc2ccc([N+](=O)[O-])c(C#N)n2)cc1. The lowest BCUT2D eigenvalue weighted by Gasteiger charge is -2.06. The lowest BCUT2D eigenvalue weighted by atomic mass is 10.2. The zero-order valence-electron chi connectivity index (χ0n) is 11.2. The third kappa shape index (κ3) is 3.52. The molecule has 0 aliphatic carbocycles. The van der Waals surface area contributed by atoms with E-state index in [0.717, 1.165) is 12.1 Å². The van der Waals surface area contributed by atoms with Gasteiger partial charge in [0.25, 0.3) is 0 Å². The highest BCUT2D eigenvalue weighted by Crippen LogP contribution is 2.24. The van der Waals surface area contributed by atoms with Gasteiger partial charge in [-0.3, -0.25) is 10.1 Å². The van der Waals surface area contributed by atoms with Gasteiger partial charge in [0.05, 0.1) is 4.92 Å². The molecule has 7 heteroatoms. The zero-order chi connectivity index (χ0) is 15.2. The summed E-state index contributed by atoms with van der Waals surface area (Å²) in [5.41, 5.74) is 0.484. The first-order chi connectivity index (χ1) is 10.1. The van der Waals surface area contributed by atoms with E-state index >= 15 is 0 Å². The van der Waals surface area contributed by atoms with Crippen LogP contribution in [0.2, 0.25) is 0 Å². The van der Waals surface area contributed by atoms with Crippen molar-refractivity contribution in [3.05, 3.63) is 57.8 Å². The maximum Gasteiger partial charge on any atom is 0.305 e. The Morgan fingerprint density at radius 1 is 1.33 bits per heavy atom. The smallest absolute Gasteiger partial charge is 0.305 e. The fourth-order valence-electron chi connectivity index (χ4n) is 1.72. The summed E-state index contributed by atoms with van der Waals surface area (Å²) in [4.78, 5) is 13.9. The van der Waals surface area contributed by atoms with E-state index in [0.29, 0.717) is 5.75 Å². The van der Waals surface area contributed by atoms with E-state index in [1.165, 1.54) is 12.1 Å². The minimum absolute atomic E-state index is 0.138. The average molecular weight is 284 g/mol. The van der Waals surface area contributed by atoms with E-state index in [1.54, 1.807) is 18.2 Å². The molecule has 21 heavy (non-hydrogen) atoms. The van der Waals surface area contributed by atoms with Crippen molar-refractivity contribution in [3.63, 3.8) is 0 Å². The molecule has 0 fully saturated rings. The fraction of sp³-hybridized carbons (Fsp3) is 0.143. The van der Waals surface area contributed by atoms with E-state index in [2.05, 4.69) is 10.3 Å². The molecule has 0 amide bonds. The van der Waals surface area contributed by atoms with Crippen LogP contribution in [0.1, 0.15) is 11.3 Å². The normalized spacial score (nSPS) is 9.90. The van der Waals surface area contributed by atoms with E-state index in [9.17, 15) is 10.1 Å². The molecule has 2 rings (SSSR count). The molecule has 0 atom stereocenters. The van der Waals surface area contributed by atoms with E-state index in [4.69, 9.17) is 10.00 Å². The first kappa shape index (κ1) is 14.4. The van der Waals surface area contributed by atoms with Gasteiger partial charge in [-0.05, 0) is 24.7 Å². The van der Waals surface area contributed by atoms with E-state index < -0.39 is 4.92 Å². The number of pyridine rings is 1. The van der Waals surface area contributed by atoms with Crippen molar-refractivity contribution >= 4 is 5.69 Å². The van der Waals surface area contributed by atoms with Crippen LogP contribution in [0.25, 0.3) is 0 Å². The lowest BCUT2D eigenvalue weighted by Crippen LogP contribution is -2.04. The Morgan fingerprint density at radius 2 is 2.05 bits per heavy atom. The molecule has 0 spiro atoms. The van der Waals surface area contributed by atoms with Crippen molar-refractivity contribution in [3.8, 4) is 17.7 Å². The van der Waals surface area contributed by atoms with Gasteiger partial charge in [0.1, 0.15) is 11.8 Å². The Morgan fingerprint density at radius 3 is 2.62 bits per heavy atom. The molecule has 0 saturated heterocycles. The summed E-state index contributed by atoms with van der Waals surface area (Å²) in [5.74, 6) is 0.679. The van der Waals surface area contributed by atoms with Crippen molar-refractivity contribution < 1.29 is 9.66 Å². The number of benzene rings is 1. The van der Waals surface area contributed by atoms with Gasteiger partial charge in [-0.1, -0.05) is 12.1 Å². The third-order valence-electron chi connectivity index (χ3n) is 2.68. The van der Waals surface area contributed by atoms with Crippen LogP contribution in [0.15, 0.2) is 36.4 Å². The molecule has 1 heterocycles. The Hall–Kier alpha value is -2.98. The van der Waals surface area contributed by atoms with Crippen molar-refractivity contribution in [2.75, 3.05) is 7.05 Å². The monoisotopic (exact) mass is 284 g/mol. The summed E-state index contributed by atoms with van der Waals surface area (Å²) in [6.45, 7) is 0.745. The molecule has 0 saturated carbocycles. The summed E-state index contributed by atoms with van der Waals surface area (Å²) in [6, 6.07) is 11.6. The van der Waals surface area contributed by atoms with Gasteiger partial charge in [-0.15, -0.1) is 0 Å². The van der Waals surface area contributed by atoms with Gasteiger partial charge in [-0.2, -0.15) is 10.2 Å². The van der Waals surface area contributed by atoms with Gasteiger partial charge in [-0.25, -0.2) is 0 Å². The molecule has 0 bridgehead atoms. The Bertz CT molecular complexity index is 692. The van der Waals surface area contributed by atoms with Gasteiger partial charge in [0, 0.05) is 18.7 Å². The predicted octanol–water partition coefficient (Wildman–Crippen LogP) is 2.37. The molecule has 0 aliphatic heterocycles. The van der Waals surface area contributed by atoms with Crippen LogP contribution in [-0.4, -0.2) is 17.0 Å². The first-order valence-corrected chi connectivity index (χ1v) is 6.11. The number of ether oxygens (including phenoxy) is 1. The first-order valence-electron chi connectivity index (χ1n) is 6.11. The number of hydrogen-bond acceptors (Lipinski definition) is 6. The molecular formula is C14H12N4O3. The van der Waals surface area contributed by atoms with Gasteiger partial charge in [0.2, 0.25) is 11.6 Å². The van der Waals surface area contributed by atoms with Crippen molar-refractivity contribution in [2.24, 2.45) is 0 Å². The number of aromatic nitrogens is 1. The highest BCUT2D eigenvalue weighted by molar-refractivity contribution is 5.45. The van der Waals surface area contributed by atoms with Crippen LogP contribution in [0.4, 0.5) is 5.69 Å². The predicted molar refractivity (Wildman–Crippen MR) is 74.9 cm³/mol. The average Bonchev–Trinajstić information content (AvgIpc) is 2.49. The highest BCUT2D eigenvalue weighted by atomic mass is 16.6. The van der Waals surface area contributed by atoms with Gasteiger partial charge in [0.15, 0.2) is 0 Å². The lowest BCUT2D eigenvalue weighted by molar-refractivity contribution is -0.385. The third-order valence-corrected chi connectivity index (χ3v) is 2.68. The maximum absolute atomic E-state index is 10.7. The molecule has 0 unspecified atom stereocenters. The quantitative estimate of drug-likeness (QED) is 0.668. The number of rotatable bonds is 5. The van der Waals surface area contributed by atoms with E-state index in [1.807, 2.05) is 19.2 Å². The van der Waals surface area contributed by atoms with Crippen LogP contribution in [-0.2, 0) is 6.54 Å². The Labute approximate surface area is 121 Å². The molecule has 2 aromatic rings. The van der Waals surface area contributed by atoms with Crippen LogP contribution in [0.3, 0.4) is 0 Å². The molecule has 0 radical (unpaired) electrons. The summed E-state index contributed by atoms with van der Waals surface area (Å²) in [7, 11) is 1.86. The molecule has 7 nitrogen and oxygen atoms in total. The maximum atomic E-state index is 10.7. The topological polar surface area (TPSA) is 101 Å². The number of nitro groups is 1. The van der Waals surface area contributed by atoms with Crippen LogP contribution in [0, 0.1) is 21.4 Å². The fourth-order valence-corrected chi connectivity index (χ4v) is 1.72.